The summed E-state index contributed by atoms with van der Waals surface area (Å²) >= 11 is 0. The van der Waals surface area contributed by atoms with E-state index in [4.69, 9.17) is 14.6 Å². The van der Waals surface area contributed by atoms with Gasteiger partial charge in [0.1, 0.15) is 5.75 Å². The number of anilines is 1. The molecule has 0 unspecified atom stereocenters. The number of nitrogens with zero attached hydrogens (tertiary/aromatic N) is 1. The average molecular weight is 579 g/mol. The molecule has 42 heavy (non-hydrogen) atoms. The minimum atomic E-state index is -1.04. The summed E-state index contributed by atoms with van der Waals surface area (Å²) in [5, 5.41) is 41.7. The molecule has 0 radical (unpaired) electrons. The molecule has 1 aliphatic heterocycles. The van der Waals surface area contributed by atoms with Gasteiger partial charge in [-0.2, -0.15) is 0 Å². The second kappa shape index (κ2) is 14.4. The summed E-state index contributed by atoms with van der Waals surface area (Å²) in [7, 11) is 1.89. The Bertz CT molecular complexity index is 1350. The van der Waals surface area contributed by atoms with Crippen molar-refractivity contribution in [3.8, 4) is 5.75 Å². The third-order valence-corrected chi connectivity index (χ3v) is 7.36. The fraction of sp³-hybridized carbons (Fsp3) is 0.375. The van der Waals surface area contributed by atoms with Crippen molar-refractivity contribution >= 4 is 17.6 Å². The number of aromatic hydroxyl groups is 1. The second-order valence-corrected chi connectivity index (χ2v) is 10.7. The first-order valence-corrected chi connectivity index (χ1v) is 13.9. The van der Waals surface area contributed by atoms with Crippen LogP contribution in [0, 0.1) is 5.92 Å². The predicted octanol–water partition coefficient (Wildman–Crippen LogP) is 4.14. The number of likely N-dealkylation sites (N-methyl/N-ethyl adjacent to an activating group) is 1. The van der Waals surface area contributed by atoms with Gasteiger partial charge in [-0.25, -0.2) is 0 Å². The van der Waals surface area contributed by atoms with Crippen molar-refractivity contribution in [3.63, 3.8) is 0 Å². The van der Waals surface area contributed by atoms with Gasteiger partial charge in [0, 0.05) is 36.7 Å². The predicted molar refractivity (Wildman–Crippen MR) is 155 cm³/mol. The Hall–Kier alpha value is -3.80. The lowest BCUT2D eigenvalue weighted by molar-refractivity contribution is -0.276. The monoisotopic (exact) mass is 578 g/mol. The van der Waals surface area contributed by atoms with Crippen LogP contribution in [0.15, 0.2) is 72.8 Å². The molecular formula is C32H38N2O8. The van der Waals surface area contributed by atoms with Gasteiger partial charge in [-0.05, 0) is 48.0 Å². The molecule has 5 N–H and O–H groups in total. The van der Waals surface area contributed by atoms with E-state index in [0.717, 1.165) is 11.1 Å². The second-order valence-electron chi connectivity index (χ2n) is 10.7. The van der Waals surface area contributed by atoms with Gasteiger partial charge in [0.05, 0.1) is 31.3 Å². The Balaban J connectivity index is 1.53. The van der Waals surface area contributed by atoms with Crippen molar-refractivity contribution in [2.45, 2.75) is 51.0 Å². The number of aliphatic hydroxyl groups excluding tert-OH is 2. The molecule has 1 aliphatic rings. The van der Waals surface area contributed by atoms with E-state index in [-0.39, 0.29) is 43.3 Å². The molecule has 4 rings (SSSR count). The zero-order valence-electron chi connectivity index (χ0n) is 23.7. The number of carboxylic acids is 1. The zero-order valence-corrected chi connectivity index (χ0v) is 23.7. The van der Waals surface area contributed by atoms with Crippen LogP contribution < -0.4 is 5.32 Å². The van der Waals surface area contributed by atoms with Gasteiger partial charge in [0.15, 0.2) is 6.29 Å². The number of aliphatic hydroxyl groups is 2. The number of carbonyl (C=O) groups is 2. The van der Waals surface area contributed by atoms with Crippen LogP contribution in [-0.4, -0.2) is 63.4 Å². The Morgan fingerprint density at radius 3 is 2.40 bits per heavy atom. The highest BCUT2D eigenvalue weighted by Crippen LogP contribution is 2.42. The van der Waals surface area contributed by atoms with Crippen LogP contribution in [0.25, 0.3) is 0 Å². The van der Waals surface area contributed by atoms with E-state index in [0.29, 0.717) is 29.9 Å². The number of carbonyl (C=O) groups excluding carboxylic acids is 1. The zero-order chi connectivity index (χ0) is 30.2. The number of ether oxygens (including phenoxy) is 2. The lowest BCUT2D eigenvalue weighted by atomic mass is 9.90. The highest BCUT2D eigenvalue weighted by atomic mass is 16.7. The van der Waals surface area contributed by atoms with Gasteiger partial charge in [-0.3, -0.25) is 9.59 Å². The molecule has 0 aliphatic carbocycles. The van der Waals surface area contributed by atoms with Gasteiger partial charge in [0.25, 0.3) is 0 Å². The topological polar surface area (TPSA) is 149 Å². The first-order chi connectivity index (χ1) is 20.1. The van der Waals surface area contributed by atoms with Gasteiger partial charge < -0.3 is 40.1 Å². The first-order valence-electron chi connectivity index (χ1n) is 13.9. The Labute approximate surface area is 245 Å². The van der Waals surface area contributed by atoms with E-state index in [2.05, 4.69) is 5.32 Å². The van der Waals surface area contributed by atoms with E-state index >= 15 is 0 Å². The van der Waals surface area contributed by atoms with Crippen molar-refractivity contribution in [2.75, 3.05) is 25.5 Å². The van der Waals surface area contributed by atoms with Crippen molar-refractivity contribution in [1.82, 2.24) is 4.90 Å². The number of nitrogens with one attached hydrogen (secondary N) is 1. The third kappa shape index (κ3) is 8.37. The molecule has 0 saturated carbocycles. The summed E-state index contributed by atoms with van der Waals surface area (Å²) in [6.45, 7) is 2.78. The van der Waals surface area contributed by atoms with E-state index in [1.165, 1.54) is 0 Å². The third-order valence-electron chi connectivity index (χ3n) is 7.36. The molecule has 3 aromatic rings. The van der Waals surface area contributed by atoms with Crippen molar-refractivity contribution < 1.29 is 39.5 Å². The molecular weight excluding hydrogens is 540 g/mol. The van der Waals surface area contributed by atoms with Gasteiger partial charge in [-0.1, -0.05) is 55.5 Å². The summed E-state index contributed by atoms with van der Waals surface area (Å²) in [4.78, 5) is 25.0. The fourth-order valence-electron chi connectivity index (χ4n) is 5.05. The maximum Gasteiger partial charge on any atom is 0.303 e. The Morgan fingerprint density at radius 1 is 0.976 bits per heavy atom. The number of amides is 1. The number of carboxylic acid groups (broad SMARTS) is 1. The van der Waals surface area contributed by atoms with Gasteiger partial charge >= 0.3 is 5.97 Å². The van der Waals surface area contributed by atoms with Crippen molar-refractivity contribution in [3.05, 3.63) is 95.1 Å². The minimum absolute atomic E-state index is 0.0625. The van der Waals surface area contributed by atoms with E-state index in [1.807, 2.05) is 49.2 Å². The van der Waals surface area contributed by atoms with Crippen molar-refractivity contribution in [1.29, 1.82) is 0 Å². The van der Waals surface area contributed by atoms with E-state index < -0.39 is 24.3 Å². The number of hydrogen-bond donors (Lipinski definition) is 5. The summed E-state index contributed by atoms with van der Waals surface area (Å²) in [5.74, 6) is -1.44. The number of aliphatic carboxylic acids is 1. The van der Waals surface area contributed by atoms with Crippen LogP contribution in [0.5, 0.6) is 5.75 Å². The molecule has 1 amide bonds. The average Bonchev–Trinajstić information content (AvgIpc) is 2.97. The normalized spacial score (nSPS) is 21.2. The minimum Gasteiger partial charge on any atom is -0.508 e. The lowest BCUT2D eigenvalue weighted by Crippen LogP contribution is -2.44. The number of benzene rings is 3. The first kappa shape index (κ1) is 31.1. The van der Waals surface area contributed by atoms with Crippen molar-refractivity contribution in [2.24, 2.45) is 5.92 Å². The lowest BCUT2D eigenvalue weighted by Gasteiger charge is -2.42. The highest BCUT2D eigenvalue weighted by Gasteiger charge is 2.39. The Morgan fingerprint density at radius 2 is 1.71 bits per heavy atom. The smallest absolute Gasteiger partial charge is 0.303 e. The van der Waals surface area contributed by atoms with Crippen LogP contribution in [-0.2, 0) is 25.7 Å². The number of phenols is 1. The summed E-state index contributed by atoms with van der Waals surface area (Å²) in [6, 6.07) is 21.2. The number of phenolic OH excluding ortho intramolecular Hbond substituents is 1. The fourth-order valence-corrected chi connectivity index (χ4v) is 5.05. The van der Waals surface area contributed by atoms with Crippen LogP contribution >= 0.6 is 0 Å². The number of hydrogen-bond acceptors (Lipinski definition) is 8. The molecule has 10 nitrogen and oxygen atoms in total. The molecule has 10 heteroatoms. The maximum absolute atomic E-state index is 12.2. The van der Waals surface area contributed by atoms with Crippen LogP contribution in [0.1, 0.15) is 60.5 Å². The van der Waals surface area contributed by atoms with E-state index in [9.17, 15) is 24.9 Å². The summed E-state index contributed by atoms with van der Waals surface area (Å²) in [6.07, 6.45) is -2.63. The SMILES string of the molecule is C[C@H]1[C@@H](CN(C)C[C@@H](O)c2cccc(O)c2)O[C@@H](c2cccc(NC(=O)CCC(=O)O)c2)O[C@H]1c1ccc(CO)cc1. The molecule has 1 fully saturated rings. The Kier molecular flexibility index (Phi) is 10.7. The number of rotatable bonds is 12. The standard InChI is InChI=1S/C32H38N2O8/c1-20-28(18-34(2)17-27(37)23-5-4-8-26(36)16-23)41-32(42-31(20)22-11-9-21(19-35)10-12-22)24-6-3-7-25(15-24)33-29(38)13-14-30(39)40/h3-12,15-16,20,27-28,31-32,35-37H,13-14,17-19H2,1-2H3,(H,33,38)(H,39,40)/t20-,27+,28+,31+,32+/m0/s1. The summed E-state index contributed by atoms with van der Waals surface area (Å²) in [5.41, 5.74) is 3.52. The van der Waals surface area contributed by atoms with Crippen LogP contribution in [0.2, 0.25) is 0 Å². The quantitative estimate of drug-likeness (QED) is 0.214. The highest BCUT2D eigenvalue weighted by molar-refractivity contribution is 5.92. The van der Waals surface area contributed by atoms with Crippen LogP contribution in [0.3, 0.4) is 0 Å². The van der Waals surface area contributed by atoms with Crippen LogP contribution in [0.4, 0.5) is 5.69 Å². The molecule has 0 bridgehead atoms. The largest absolute Gasteiger partial charge is 0.508 e. The molecule has 1 heterocycles. The molecule has 1 saturated heterocycles. The van der Waals surface area contributed by atoms with Gasteiger partial charge in [0.2, 0.25) is 5.91 Å². The molecule has 5 atom stereocenters. The molecule has 3 aromatic carbocycles. The maximum atomic E-state index is 12.2. The van der Waals surface area contributed by atoms with Gasteiger partial charge in [-0.15, -0.1) is 0 Å². The summed E-state index contributed by atoms with van der Waals surface area (Å²) < 4.78 is 13.0. The van der Waals surface area contributed by atoms with E-state index in [1.54, 1.807) is 42.5 Å². The molecule has 0 spiro atoms. The molecule has 224 valence electrons. The molecule has 0 aromatic heterocycles.